The fourth-order valence-corrected chi connectivity index (χ4v) is 3.92. The van der Waals surface area contributed by atoms with Crippen LogP contribution in [0.2, 0.25) is 0 Å². The van der Waals surface area contributed by atoms with Crippen LogP contribution in [0.5, 0.6) is 5.75 Å². The Morgan fingerprint density at radius 1 is 1.06 bits per heavy atom. The summed E-state index contributed by atoms with van der Waals surface area (Å²) in [6.07, 6.45) is 3.81. The molecule has 31 heavy (non-hydrogen) atoms. The third kappa shape index (κ3) is 4.05. The first-order valence-electron chi connectivity index (χ1n) is 10.3. The van der Waals surface area contributed by atoms with Crippen LogP contribution < -0.4 is 4.74 Å². The molecule has 1 heterocycles. The Balaban J connectivity index is 2.04. The van der Waals surface area contributed by atoms with E-state index in [0.29, 0.717) is 5.75 Å². The molecule has 0 unspecified atom stereocenters. The highest BCUT2D eigenvalue weighted by atomic mass is 16.5. The number of carbonyl (C=O) groups is 1. The second-order valence-electron chi connectivity index (χ2n) is 7.32. The number of benzene rings is 3. The smallest absolute Gasteiger partial charge is 0.335 e. The minimum Gasteiger partial charge on any atom is -0.423 e. The molecule has 0 radical (unpaired) electrons. The number of carbonyl (C=O) groups excluding carboxylic acids is 1. The van der Waals surface area contributed by atoms with E-state index < -0.39 is 5.97 Å². The zero-order valence-corrected chi connectivity index (χ0v) is 17.7. The Labute approximate surface area is 181 Å². The minimum atomic E-state index is -0.481. The van der Waals surface area contributed by atoms with Gasteiger partial charge in [-0.15, -0.1) is 0 Å². The van der Waals surface area contributed by atoms with Crippen molar-refractivity contribution >= 4 is 28.0 Å². The van der Waals surface area contributed by atoms with Crippen LogP contribution in [0.1, 0.15) is 35.6 Å². The van der Waals surface area contributed by atoms with E-state index in [2.05, 4.69) is 61.0 Å². The van der Waals surface area contributed by atoms with Gasteiger partial charge in [0.1, 0.15) is 5.75 Å². The van der Waals surface area contributed by atoms with Gasteiger partial charge in [-0.25, -0.2) is 4.79 Å². The van der Waals surface area contributed by atoms with Gasteiger partial charge in [0.2, 0.25) is 0 Å². The molecular formula is C27H24N2O2. The van der Waals surface area contributed by atoms with Crippen molar-refractivity contribution < 1.29 is 9.53 Å². The third-order valence-electron chi connectivity index (χ3n) is 5.39. The van der Waals surface area contributed by atoms with Crippen molar-refractivity contribution in [2.24, 2.45) is 0 Å². The van der Waals surface area contributed by atoms with Crippen LogP contribution in [0.15, 0.2) is 85.6 Å². The lowest BCUT2D eigenvalue weighted by Gasteiger charge is -2.20. The molecule has 0 aliphatic heterocycles. The van der Waals surface area contributed by atoms with Gasteiger partial charge in [-0.05, 0) is 59.4 Å². The van der Waals surface area contributed by atoms with Gasteiger partial charge < -0.3 is 4.74 Å². The maximum atomic E-state index is 12.0. The van der Waals surface area contributed by atoms with Gasteiger partial charge in [0, 0.05) is 17.0 Å². The predicted molar refractivity (Wildman–Crippen MR) is 126 cm³/mol. The first-order valence-corrected chi connectivity index (χ1v) is 10.3. The summed E-state index contributed by atoms with van der Waals surface area (Å²) in [6.45, 7) is 7.80. The summed E-state index contributed by atoms with van der Waals surface area (Å²) < 4.78 is 5.62. The summed E-state index contributed by atoms with van der Waals surface area (Å²) in [5.74, 6) is 0.0280. The molecule has 0 saturated carbocycles. The normalized spacial score (nSPS) is 11.8. The maximum Gasteiger partial charge on any atom is 0.335 e. The summed E-state index contributed by atoms with van der Waals surface area (Å²) in [7, 11) is 0. The highest BCUT2D eigenvalue weighted by Crippen LogP contribution is 2.40. The highest BCUT2D eigenvalue weighted by Gasteiger charge is 2.19. The van der Waals surface area contributed by atoms with Crippen LogP contribution in [-0.2, 0) is 4.79 Å². The first-order chi connectivity index (χ1) is 15.1. The summed E-state index contributed by atoms with van der Waals surface area (Å²) in [6, 6.07) is 22.2. The number of hydrogen-bond donors (Lipinski definition) is 1. The number of nitrogens with one attached hydrogen (secondary N) is 1. The molecule has 0 saturated heterocycles. The lowest BCUT2D eigenvalue weighted by molar-refractivity contribution is -0.128. The second kappa shape index (κ2) is 8.84. The zero-order chi connectivity index (χ0) is 21.8. The Morgan fingerprint density at radius 3 is 2.55 bits per heavy atom. The summed E-state index contributed by atoms with van der Waals surface area (Å²) in [5, 5.41) is 8.19. The Kier molecular flexibility index (Phi) is 5.80. The molecule has 0 aliphatic carbocycles. The average molecular weight is 409 g/mol. The van der Waals surface area contributed by atoms with Gasteiger partial charge in [-0.2, -0.15) is 5.10 Å². The molecule has 154 valence electrons. The summed E-state index contributed by atoms with van der Waals surface area (Å²) >= 11 is 0. The molecule has 0 bridgehead atoms. The number of H-pyrrole nitrogens is 1. The lowest BCUT2D eigenvalue weighted by atomic mass is 9.86. The molecule has 1 aromatic heterocycles. The van der Waals surface area contributed by atoms with E-state index in [9.17, 15) is 4.79 Å². The number of aromatic nitrogens is 2. The lowest BCUT2D eigenvalue weighted by Crippen LogP contribution is -2.06. The van der Waals surface area contributed by atoms with Gasteiger partial charge in [-0.1, -0.05) is 62.0 Å². The van der Waals surface area contributed by atoms with Crippen LogP contribution in [0.25, 0.3) is 22.0 Å². The topological polar surface area (TPSA) is 55.0 Å². The van der Waals surface area contributed by atoms with Crippen molar-refractivity contribution in [1.29, 1.82) is 0 Å². The van der Waals surface area contributed by atoms with Gasteiger partial charge in [0.25, 0.3) is 0 Å². The van der Waals surface area contributed by atoms with Crippen LogP contribution in [0.3, 0.4) is 0 Å². The molecule has 0 atom stereocenters. The quantitative estimate of drug-likeness (QED) is 0.175. The molecule has 0 spiro atoms. The largest absolute Gasteiger partial charge is 0.423 e. The molecule has 0 amide bonds. The van der Waals surface area contributed by atoms with Crippen LogP contribution in [0.4, 0.5) is 0 Å². The van der Waals surface area contributed by atoms with Crippen LogP contribution in [0, 0.1) is 6.92 Å². The molecule has 1 N–H and O–H groups in total. The van der Waals surface area contributed by atoms with Crippen molar-refractivity contribution in [3.05, 3.63) is 108 Å². The van der Waals surface area contributed by atoms with E-state index >= 15 is 0 Å². The molecule has 0 fully saturated rings. The van der Waals surface area contributed by atoms with Crippen LogP contribution in [-0.4, -0.2) is 16.2 Å². The van der Waals surface area contributed by atoms with Crippen LogP contribution >= 0.6 is 0 Å². The van der Waals surface area contributed by atoms with E-state index in [1.165, 1.54) is 22.8 Å². The molecule has 0 aliphatic rings. The van der Waals surface area contributed by atoms with Gasteiger partial charge in [0.15, 0.2) is 0 Å². The Bertz CT molecular complexity index is 1300. The SMILES string of the molecule is C=CC(=O)Oc1ccccc1/C(=C(\CC)c1ccccc1C)c1ccc2[nH]ncc2c1. The van der Waals surface area contributed by atoms with Crippen molar-refractivity contribution in [3.8, 4) is 5.75 Å². The predicted octanol–water partition coefficient (Wildman–Crippen LogP) is 6.33. The van der Waals surface area contributed by atoms with Crippen molar-refractivity contribution in [3.63, 3.8) is 0 Å². The summed E-state index contributed by atoms with van der Waals surface area (Å²) in [5.41, 5.74) is 7.47. The number of nitrogens with zero attached hydrogens (tertiary/aromatic N) is 1. The number of ether oxygens (including phenoxy) is 1. The molecule has 4 aromatic rings. The molecule has 3 aromatic carbocycles. The number of rotatable bonds is 6. The van der Waals surface area contributed by atoms with E-state index in [4.69, 9.17) is 4.74 Å². The average Bonchev–Trinajstić information content (AvgIpc) is 3.26. The molecular weight excluding hydrogens is 384 g/mol. The third-order valence-corrected chi connectivity index (χ3v) is 5.39. The Hall–Kier alpha value is -3.92. The number of para-hydroxylation sites is 1. The minimum absolute atomic E-state index is 0.481. The number of fused-ring (bicyclic) bond motifs is 1. The van der Waals surface area contributed by atoms with E-state index in [-0.39, 0.29) is 0 Å². The number of allylic oxidation sites excluding steroid dienone is 1. The maximum absolute atomic E-state index is 12.0. The van der Waals surface area contributed by atoms with Gasteiger partial charge >= 0.3 is 5.97 Å². The molecule has 4 rings (SSSR count). The molecule has 4 nitrogen and oxygen atoms in total. The standard InChI is InChI=1S/C27H24N2O2/c1-4-21(22-11-7-6-10-18(22)3)27(19-14-15-24-20(16-19)17-28-29-24)23-12-8-9-13-25(23)31-26(30)5-2/h5-17H,2,4H2,1,3H3,(H,28,29)/b27-21+. The Morgan fingerprint density at radius 2 is 1.81 bits per heavy atom. The fraction of sp³-hybridized carbons (Fsp3) is 0.111. The van der Waals surface area contributed by atoms with Crippen molar-refractivity contribution in [2.45, 2.75) is 20.3 Å². The van der Waals surface area contributed by atoms with E-state index in [0.717, 1.165) is 34.0 Å². The van der Waals surface area contributed by atoms with Crippen molar-refractivity contribution in [2.75, 3.05) is 0 Å². The number of aryl methyl sites for hydroxylation is 1. The zero-order valence-electron chi connectivity index (χ0n) is 17.7. The van der Waals surface area contributed by atoms with E-state index in [1.54, 1.807) is 0 Å². The number of esters is 1. The van der Waals surface area contributed by atoms with Gasteiger partial charge in [-0.3, -0.25) is 5.10 Å². The summed E-state index contributed by atoms with van der Waals surface area (Å²) in [4.78, 5) is 12.0. The van der Waals surface area contributed by atoms with Gasteiger partial charge in [0.05, 0.1) is 11.7 Å². The molecule has 4 heteroatoms. The second-order valence-corrected chi connectivity index (χ2v) is 7.32. The fourth-order valence-electron chi connectivity index (χ4n) is 3.92. The van der Waals surface area contributed by atoms with Crippen molar-refractivity contribution in [1.82, 2.24) is 10.2 Å². The number of aromatic amines is 1. The monoisotopic (exact) mass is 408 g/mol. The number of hydrogen-bond acceptors (Lipinski definition) is 3. The highest BCUT2D eigenvalue weighted by molar-refractivity contribution is 6.02. The van der Waals surface area contributed by atoms with E-state index in [1.807, 2.05) is 42.6 Å². The first kappa shape index (κ1) is 20.4.